The fourth-order valence-electron chi connectivity index (χ4n) is 2.29. The summed E-state index contributed by atoms with van der Waals surface area (Å²) in [5.74, 6) is 2.24. The number of hydrogen-bond donors (Lipinski definition) is 3. The number of rotatable bonds is 10. The summed E-state index contributed by atoms with van der Waals surface area (Å²) >= 11 is 0. The van der Waals surface area contributed by atoms with E-state index in [1.165, 1.54) is 0 Å². The van der Waals surface area contributed by atoms with Gasteiger partial charge in [0.2, 0.25) is 0 Å². The summed E-state index contributed by atoms with van der Waals surface area (Å²) in [5, 5.41) is 16.6. The van der Waals surface area contributed by atoms with Gasteiger partial charge in [-0.1, -0.05) is 34.1 Å². The van der Waals surface area contributed by atoms with Crippen molar-refractivity contribution in [1.29, 1.82) is 0 Å². The maximum absolute atomic E-state index is 9.99. The molecule has 0 bridgehead atoms. The molecule has 21 heavy (non-hydrogen) atoms. The van der Waals surface area contributed by atoms with E-state index >= 15 is 0 Å². The van der Waals surface area contributed by atoms with E-state index in [2.05, 4.69) is 48.3 Å². The van der Waals surface area contributed by atoms with Crippen LogP contribution in [0.1, 0.15) is 52.5 Å². The zero-order chi connectivity index (χ0) is 15.7. The Kier molecular flexibility index (Phi) is 8.05. The van der Waals surface area contributed by atoms with E-state index in [1.807, 2.05) is 0 Å². The number of aliphatic hydroxyl groups excluding tert-OH is 1. The molecule has 0 saturated heterocycles. The zero-order valence-electron chi connectivity index (χ0n) is 13.8. The minimum Gasteiger partial charge on any atom is -0.391 e. The van der Waals surface area contributed by atoms with Crippen molar-refractivity contribution < 1.29 is 5.11 Å². The predicted octanol–water partition coefficient (Wildman–Crippen LogP) is 3.07. The van der Waals surface area contributed by atoms with Gasteiger partial charge in [0.05, 0.1) is 6.10 Å². The molecule has 1 rings (SSSR count). The number of nitrogens with zero attached hydrogens (tertiary/aromatic N) is 2. The van der Waals surface area contributed by atoms with Crippen LogP contribution >= 0.6 is 0 Å². The van der Waals surface area contributed by atoms with Gasteiger partial charge in [-0.25, -0.2) is 9.97 Å². The minimum absolute atomic E-state index is 0.346. The van der Waals surface area contributed by atoms with E-state index < -0.39 is 0 Å². The van der Waals surface area contributed by atoms with Crippen LogP contribution in [0.15, 0.2) is 6.33 Å². The lowest BCUT2D eigenvalue weighted by molar-refractivity contribution is 0.161. The second kappa shape index (κ2) is 9.55. The van der Waals surface area contributed by atoms with E-state index in [1.54, 1.807) is 6.33 Å². The molecule has 0 aliphatic heterocycles. The van der Waals surface area contributed by atoms with Crippen molar-refractivity contribution >= 4 is 11.6 Å². The number of nitrogens with one attached hydrogen (secondary N) is 2. The van der Waals surface area contributed by atoms with Crippen LogP contribution in [-0.4, -0.2) is 34.3 Å². The van der Waals surface area contributed by atoms with Crippen LogP contribution in [0, 0.1) is 5.92 Å². The lowest BCUT2D eigenvalue weighted by atomic mass is 10.1. The van der Waals surface area contributed by atoms with Gasteiger partial charge in [-0.3, -0.25) is 0 Å². The Morgan fingerprint density at radius 3 is 2.33 bits per heavy atom. The molecule has 0 aromatic carbocycles. The van der Waals surface area contributed by atoms with Crippen LogP contribution in [0.4, 0.5) is 11.6 Å². The van der Waals surface area contributed by atoms with Crippen molar-refractivity contribution in [1.82, 2.24) is 9.97 Å². The predicted molar refractivity (Wildman–Crippen MR) is 88.8 cm³/mol. The van der Waals surface area contributed by atoms with Crippen LogP contribution in [0.25, 0.3) is 0 Å². The summed E-state index contributed by atoms with van der Waals surface area (Å²) in [6, 6.07) is 0. The molecule has 0 fully saturated rings. The number of aliphatic hydroxyl groups is 1. The van der Waals surface area contributed by atoms with Gasteiger partial charge in [-0.05, 0) is 25.2 Å². The van der Waals surface area contributed by atoms with Gasteiger partial charge in [0.25, 0.3) is 0 Å². The van der Waals surface area contributed by atoms with Gasteiger partial charge >= 0.3 is 0 Å². The van der Waals surface area contributed by atoms with Gasteiger partial charge < -0.3 is 15.7 Å². The summed E-state index contributed by atoms with van der Waals surface area (Å²) < 4.78 is 0. The van der Waals surface area contributed by atoms with Crippen molar-refractivity contribution in [2.24, 2.45) is 5.92 Å². The number of aromatic nitrogens is 2. The molecule has 5 nitrogen and oxygen atoms in total. The van der Waals surface area contributed by atoms with Crippen LogP contribution in [0.5, 0.6) is 0 Å². The number of anilines is 2. The first-order valence-electron chi connectivity index (χ1n) is 8.08. The average Bonchev–Trinajstić information content (AvgIpc) is 2.44. The van der Waals surface area contributed by atoms with E-state index in [0.29, 0.717) is 12.5 Å². The van der Waals surface area contributed by atoms with Crippen LogP contribution in [0.3, 0.4) is 0 Å². The second-order valence-corrected chi connectivity index (χ2v) is 5.89. The lowest BCUT2D eigenvalue weighted by Gasteiger charge is -2.17. The third kappa shape index (κ3) is 6.29. The highest BCUT2D eigenvalue weighted by Gasteiger charge is 2.12. The topological polar surface area (TPSA) is 70.1 Å². The highest BCUT2D eigenvalue weighted by molar-refractivity contribution is 5.57. The third-order valence-corrected chi connectivity index (χ3v) is 3.24. The smallest absolute Gasteiger partial charge is 0.134 e. The molecule has 0 radical (unpaired) electrons. The van der Waals surface area contributed by atoms with Gasteiger partial charge in [-0.2, -0.15) is 0 Å². The second-order valence-electron chi connectivity index (χ2n) is 5.89. The van der Waals surface area contributed by atoms with Crippen LogP contribution < -0.4 is 10.6 Å². The number of hydrogen-bond acceptors (Lipinski definition) is 5. The molecule has 1 atom stereocenters. The van der Waals surface area contributed by atoms with E-state index in [9.17, 15) is 5.11 Å². The molecule has 1 heterocycles. The summed E-state index contributed by atoms with van der Waals surface area (Å²) in [7, 11) is 0. The first-order chi connectivity index (χ1) is 10.1. The van der Waals surface area contributed by atoms with Crippen molar-refractivity contribution in [2.75, 3.05) is 23.7 Å². The van der Waals surface area contributed by atoms with Crippen molar-refractivity contribution in [3.05, 3.63) is 11.9 Å². The standard InChI is InChI=1S/C16H30N4O/c1-5-7-14-15(17-8-6-2)19-11-20-16(14)18-10-13(21)9-12(3)4/h11-13,21H,5-10H2,1-4H3,(H2,17,18,19,20). The fraction of sp³-hybridized carbons (Fsp3) is 0.750. The minimum atomic E-state index is -0.346. The molecule has 0 saturated carbocycles. The van der Waals surface area contributed by atoms with Gasteiger partial charge in [0.1, 0.15) is 18.0 Å². The molecule has 3 N–H and O–H groups in total. The maximum Gasteiger partial charge on any atom is 0.134 e. The Balaban J connectivity index is 2.75. The molecular weight excluding hydrogens is 264 g/mol. The van der Waals surface area contributed by atoms with E-state index in [0.717, 1.165) is 49.4 Å². The Hall–Kier alpha value is -1.36. The quantitative estimate of drug-likeness (QED) is 0.618. The summed E-state index contributed by atoms with van der Waals surface area (Å²) in [4.78, 5) is 8.69. The first-order valence-corrected chi connectivity index (χ1v) is 8.08. The van der Waals surface area contributed by atoms with E-state index in [4.69, 9.17) is 0 Å². The fourth-order valence-corrected chi connectivity index (χ4v) is 2.29. The summed E-state index contributed by atoms with van der Waals surface area (Å²) in [6.07, 6.45) is 5.05. The van der Waals surface area contributed by atoms with Crippen LogP contribution in [0.2, 0.25) is 0 Å². The highest BCUT2D eigenvalue weighted by atomic mass is 16.3. The molecule has 0 spiro atoms. The molecule has 0 amide bonds. The Labute approximate surface area is 128 Å². The average molecular weight is 294 g/mol. The summed E-state index contributed by atoms with van der Waals surface area (Å²) in [6.45, 7) is 9.94. The van der Waals surface area contributed by atoms with Gasteiger partial charge in [0, 0.05) is 18.7 Å². The zero-order valence-corrected chi connectivity index (χ0v) is 13.8. The summed E-state index contributed by atoms with van der Waals surface area (Å²) in [5.41, 5.74) is 1.12. The molecule has 120 valence electrons. The van der Waals surface area contributed by atoms with Gasteiger partial charge in [-0.15, -0.1) is 0 Å². The normalized spacial score (nSPS) is 12.5. The van der Waals surface area contributed by atoms with Crippen molar-refractivity contribution in [3.63, 3.8) is 0 Å². The van der Waals surface area contributed by atoms with Crippen molar-refractivity contribution in [2.45, 2.75) is 59.5 Å². The Morgan fingerprint density at radius 1 is 1.10 bits per heavy atom. The maximum atomic E-state index is 9.99. The SMILES string of the molecule is CCCNc1ncnc(NCC(O)CC(C)C)c1CCC. The Morgan fingerprint density at radius 2 is 1.76 bits per heavy atom. The molecule has 0 aliphatic carbocycles. The molecule has 1 aromatic rings. The third-order valence-electron chi connectivity index (χ3n) is 3.24. The largest absolute Gasteiger partial charge is 0.391 e. The van der Waals surface area contributed by atoms with E-state index in [-0.39, 0.29) is 6.10 Å². The molecule has 5 heteroatoms. The Bertz CT molecular complexity index is 409. The van der Waals surface area contributed by atoms with Crippen LogP contribution in [-0.2, 0) is 6.42 Å². The van der Waals surface area contributed by atoms with Crippen molar-refractivity contribution in [3.8, 4) is 0 Å². The van der Waals surface area contributed by atoms with Gasteiger partial charge in [0.15, 0.2) is 0 Å². The highest BCUT2D eigenvalue weighted by Crippen LogP contribution is 2.22. The molecule has 1 aromatic heterocycles. The monoisotopic (exact) mass is 294 g/mol. The molecule has 0 aliphatic rings. The molecule has 1 unspecified atom stereocenters. The first kappa shape index (κ1) is 17.7. The molecular formula is C16H30N4O. The lowest BCUT2D eigenvalue weighted by Crippen LogP contribution is -2.22.